The first-order chi connectivity index (χ1) is 10.7. The van der Waals surface area contributed by atoms with Gasteiger partial charge in [0.25, 0.3) is 0 Å². The van der Waals surface area contributed by atoms with Crippen LogP contribution in [-0.2, 0) is 9.53 Å². The fourth-order valence-corrected chi connectivity index (χ4v) is 2.58. The summed E-state index contributed by atoms with van der Waals surface area (Å²) in [6.45, 7) is 5.05. The highest BCUT2D eigenvalue weighted by Crippen LogP contribution is 2.24. The van der Waals surface area contributed by atoms with Crippen molar-refractivity contribution in [1.29, 1.82) is 0 Å². The Kier molecular flexibility index (Phi) is 5.29. The summed E-state index contributed by atoms with van der Waals surface area (Å²) in [5.41, 5.74) is -0.109. The molecule has 2 rings (SSSR count). The number of halogens is 2. The van der Waals surface area contributed by atoms with Crippen LogP contribution < -0.4 is 5.32 Å². The first-order valence-electron chi connectivity index (χ1n) is 7.36. The molecule has 1 saturated heterocycles. The van der Waals surface area contributed by atoms with E-state index in [1.807, 2.05) is 0 Å². The Morgan fingerprint density at radius 2 is 1.91 bits per heavy atom. The summed E-state index contributed by atoms with van der Waals surface area (Å²) >= 11 is 3.31. The van der Waals surface area contributed by atoms with Gasteiger partial charge in [-0.1, -0.05) is 15.9 Å². The molecule has 0 aromatic heterocycles. The zero-order valence-electron chi connectivity index (χ0n) is 13.3. The maximum Gasteiger partial charge on any atom is 0.411 e. The number of hydrogen-bond donors (Lipinski definition) is 1. The maximum atomic E-state index is 13.7. The van der Waals surface area contributed by atoms with Crippen molar-refractivity contribution in [2.24, 2.45) is 0 Å². The summed E-state index contributed by atoms with van der Waals surface area (Å²) in [5.74, 6) is -0.418. The maximum absolute atomic E-state index is 13.7. The van der Waals surface area contributed by atoms with Gasteiger partial charge in [0.2, 0.25) is 5.91 Å². The number of rotatable bonds is 2. The smallest absolute Gasteiger partial charge is 0.411 e. The number of benzene rings is 1. The summed E-state index contributed by atoms with van der Waals surface area (Å²) in [6, 6.07) is 6.15. The molecule has 126 valence electrons. The van der Waals surface area contributed by atoms with E-state index in [1.165, 1.54) is 0 Å². The molecule has 23 heavy (non-hydrogen) atoms. The van der Waals surface area contributed by atoms with Gasteiger partial charge in [-0.05, 0) is 45.0 Å². The summed E-state index contributed by atoms with van der Waals surface area (Å²) in [4.78, 5) is 25.7. The monoisotopic (exact) mass is 386 g/mol. The van der Waals surface area contributed by atoms with Crippen molar-refractivity contribution < 1.29 is 18.7 Å². The Bertz CT molecular complexity index is 586. The van der Waals surface area contributed by atoms with E-state index < -0.39 is 29.8 Å². The molecule has 1 aromatic carbocycles. The van der Waals surface area contributed by atoms with Gasteiger partial charge in [0.1, 0.15) is 17.8 Å². The lowest BCUT2D eigenvalue weighted by atomic mass is 10.2. The molecule has 2 atom stereocenters. The van der Waals surface area contributed by atoms with Crippen LogP contribution in [0.4, 0.5) is 14.9 Å². The number of carbonyl (C=O) groups is 2. The number of nitrogens with zero attached hydrogens (tertiary/aromatic N) is 1. The Morgan fingerprint density at radius 3 is 2.48 bits per heavy atom. The van der Waals surface area contributed by atoms with Crippen LogP contribution in [0, 0.1) is 0 Å². The van der Waals surface area contributed by atoms with Crippen LogP contribution in [0.5, 0.6) is 0 Å². The molecule has 7 heteroatoms. The highest BCUT2D eigenvalue weighted by molar-refractivity contribution is 9.10. The molecule has 1 fully saturated rings. The van der Waals surface area contributed by atoms with E-state index in [0.29, 0.717) is 5.69 Å². The molecule has 0 radical (unpaired) electrons. The molecule has 1 N–H and O–H groups in total. The number of ether oxygens (including phenoxy) is 1. The zero-order chi connectivity index (χ0) is 17.2. The third-order valence-corrected chi connectivity index (χ3v) is 3.82. The van der Waals surface area contributed by atoms with Crippen LogP contribution in [-0.4, -0.2) is 41.3 Å². The fraction of sp³-hybridized carbons (Fsp3) is 0.500. The second-order valence-electron chi connectivity index (χ2n) is 6.48. The first-order valence-corrected chi connectivity index (χ1v) is 8.15. The summed E-state index contributed by atoms with van der Waals surface area (Å²) in [6.07, 6.45) is -1.93. The third-order valence-electron chi connectivity index (χ3n) is 3.29. The molecule has 0 bridgehead atoms. The molecule has 0 aliphatic carbocycles. The molecule has 0 unspecified atom stereocenters. The first kappa shape index (κ1) is 17.7. The summed E-state index contributed by atoms with van der Waals surface area (Å²) in [5, 5.41) is 2.70. The van der Waals surface area contributed by atoms with Gasteiger partial charge in [-0.25, -0.2) is 9.18 Å². The molecule has 1 aromatic rings. The Hall–Kier alpha value is -1.63. The number of amides is 2. The van der Waals surface area contributed by atoms with E-state index in [4.69, 9.17) is 4.74 Å². The number of alkyl halides is 1. The van der Waals surface area contributed by atoms with Crippen molar-refractivity contribution in [2.75, 3.05) is 11.9 Å². The Balaban J connectivity index is 2.07. The minimum Gasteiger partial charge on any atom is -0.444 e. The number of carbonyl (C=O) groups excluding carboxylic acids is 2. The molecular weight excluding hydrogens is 367 g/mol. The lowest BCUT2D eigenvalue weighted by Crippen LogP contribution is -2.45. The minimum atomic E-state index is -1.23. The number of nitrogens with one attached hydrogen (secondary N) is 1. The van der Waals surface area contributed by atoms with E-state index in [-0.39, 0.29) is 13.0 Å². The van der Waals surface area contributed by atoms with Crippen LogP contribution in [0.2, 0.25) is 0 Å². The van der Waals surface area contributed by atoms with E-state index in [2.05, 4.69) is 21.2 Å². The lowest BCUT2D eigenvalue weighted by molar-refractivity contribution is -0.120. The molecule has 0 saturated carbocycles. The van der Waals surface area contributed by atoms with E-state index >= 15 is 0 Å². The minimum absolute atomic E-state index is 0.0262. The molecule has 1 aliphatic heterocycles. The molecule has 2 amide bonds. The van der Waals surface area contributed by atoms with Gasteiger partial charge in [-0.3, -0.25) is 9.69 Å². The normalized spacial score (nSPS) is 21.2. The summed E-state index contributed by atoms with van der Waals surface area (Å²) in [7, 11) is 0. The standard InChI is InChI=1S/C16H20BrFN2O3/c1-16(2,3)23-15(22)20-9-11(18)8-13(20)14(21)19-12-6-4-10(17)5-7-12/h4-7,11,13H,8-9H2,1-3H3,(H,19,21)/t11-,13+/m0/s1. The van der Waals surface area contributed by atoms with Gasteiger partial charge < -0.3 is 10.1 Å². The average Bonchev–Trinajstić information content (AvgIpc) is 2.82. The molecule has 1 heterocycles. The van der Waals surface area contributed by atoms with Crippen molar-refractivity contribution in [3.8, 4) is 0 Å². The van der Waals surface area contributed by atoms with Crippen molar-refractivity contribution >= 4 is 33.6 Å². The van der Waals surface area contributed by atoms with Crippen molar-refractivity contribution in [1.82, 2.24) is 4.90 Å². The van der Waals surface area contributed by atoms with Crippen LogP contribution in [0.1, 0.15) is 27.2 Å². The van der Waals surface area contributed by atoms with Crippen molar-refractivity contribution in [2.45, 2.75) is 45.0 Å². The molecule has 1 aliphatic rings. The largest absolute Gasteiger partial charge is 0.444 e. The summed E-state index contributed by atoms with van der Waals surface area (Å²) < 4.78 is 19.9. The predicted molar refractivity (Wildman–Crippen MR) is 89.0 cm³/mol. The third kappa shape index (κ3) is 4.92. The second kappa shape index (κ2) is 6.86. The number of hydrogen-bond acceptors (Lipinski definition) is 3. The van der Waals surface area contributed by atoms with Gasteiger partial charge >= 0.3 is 6.09 Å². The number of likely N-dealkylation sites (tertiary alicyclic amines) is 1. The highest BCUT2D eigenvalue weighted by Gasteiger charge is 2.41. The Morgan fingerprint density at radius 1 is 1.30 bits per heavy atom. The van der Waals surface area contributed by atoms with E-state index in [1.54, 1.807) is 45.0 Å². The van der Waals surface area contributed by atoms with Crippen molar-refractivity contribution in [3.63, 3.8) is 0 Å². The van der Waals surface area contributed by atoms with Gasteiger partial charge in [0, 0.05) is 16.6 Å². The second-order valence-corrected chi connectivity index (χ2v) is 7.39. The van der Waals surface area contributed by atoms with Crippen LogP contribution in [0.25, 0.3) is 0 Å². The molecular formula is C16H20BrFN2O3. The molecule has 5 nitrogen and oxygen atoms in total. The van der Waals surface area contributed by atoms with Gasteiger partial charge in [-0.2, -0.15) is 0 Å². The van der Waals surface area contributed by atoms with E-state index in [0.717, 1.165) is 9.37 Å². The topological polar surface area (TPSA) is 58.6 Å². The van der Waals surface area contributed by atoms with Crippen LogP contribution in [0.15, 0.2) is 28.7 Å². The van der Waals surface area contributed by atoms with Gasteiger partial charge in [-0.15, -0.1) is 0 Å². The van der Waals surface area contributed by atoms with Crippen molar-refractivity contribution in [3.05, 3.63) is 28.7 Å². The van der Waals surface area contributed by atoms with Crippen LogP contribution >= 0.6 is 15.9 Å². The zero-order valence-corrected chi connectivity index (χ0v) is 14.9. The SMILES string of the molecule is CC(C)(C)OC(=O)N1C[C@@H](F)C[C@@H]1C(=O)Nc1ccc(Br)cc1. The van der Waals surface area contributed by atoms with Crippen LogP contribution in [0.3, 0.4) is 0 Å². The quantitative estimate of drug-likeness (QED) is 0.841. The number of anilines is 1. The van der Waals surface area contributed by atoms with Gasteiger partial charge in [0.05, 0.1) is 6.54 Å². The highest BCUT2D eigenvalue weighted by atomic mass is 79.9. The van der Waals surface area contributed by atoms with E-state index in [9.17, 15) is 14.0 Å². The fourth-order valence-electron chi connectivity index (χ4n) is 2.31. The molecule has 0 spiro atoms. The average molecular weight is 387 g/mol. The Labute approximate surface area is 143 Å². The van der Waals surface area contributed by atoms with Gasteiger partial charge in [0.15, 0.2) is 0 Å². The lowest BCUT2D eigenvalue weighted by Gasteiger charge is -2.27. The predicted octanol–water partition coefficient (Wildman–Crippen LogP) is 3.74.